The van der Waals surface area contributed by atoms with Crippen molar-refractivity contribution in [3.8, 4) is 6.07 Å². The van der Waals surface area contributed by atoms with Crippen molar-refractivity contribution >= 4 is 34.2 Å². The quantitative estimate of drug-likeness (QED) is 0.342. The van der Waals surface area contributed by atoms with Crippen LogP contribution in [0, 0.1) is 45.0 Å². The van der Waals surface area contributed by atoms with E-state index in [-0.39, 0.29) is 17.5 Å². The van der Waals surface area contributed by atoms with E-state index in [1.54, 1.807) is 6.20 Å². The number of rotatable bonds is 5. The molecule has 4 fully saturated rings. The summed E-state index contributed by atoms with van der Waals surface area (Å²) in [6.07, 6.45) is 9.81. The molecule has 1 amide bonds. The molecule has 1 aromatic carbocycles. The van der Waals surface area contributed by atoms with E-state index in [1.165, 1.54) is 38.5 Å². The number of aryl methyl sites for hydroxylation is 1. The highest BCUT2D eigenvalue weighted by Crippen LogP contribution is 2.61. The standard InChI is InChI=1S/C23H28IN3O/c1-14-5-20(24)3-4-21(14)27-22(28)19(12-25)13-26-15(2)23-9-16-6-17(10-23)8-18(7-16)11-23/h3-5,13,15-18,26H,6-11H2,1-2H3,(H,27,28)/b19-13-. The third-order valence-electron chi connectivity index (χ3n) is 7.28. The van der Waals surface area contributed by atoms with Crippen LogP contribution in [0.5, 0.6) is 0 Å². The van der Waals surface area contributed by atoms with E-state index in [4.69, 9.17) is 0 Å². The average molecular weight is 489 g/mol. The van der Waals surface area contributed by atoms with Crippen molar-refractivity contribution in [1.82, 2.24) is 5.32 Å². The number of hydrogen-bond acceptors (Lipinski definition) is 3. The van der Waals surface area contributed by atoms with Gasteiger partial charge < -0.3 is 10.6 Å². The zero-order valence-electron chi connectivity index (χ0n) is 16.6. The molecule has 4 nitrogen and oxygen atoms in total. The predicted octanol–water partition coefficient (Wildman–Crippen LogP) is 5.14. The van der Waals surface area contributed by atoms with Gasteiger partial charge in [-0.25, -0.2) is 0 Å². The van der Waals surface area contributed by atoms with Crippen molar-refractivity contribution in [2.45, 2.75) is 58.4 Å². The fourth-order valence-electron chi connectivity index (χ4n) is 6.20. The van der Waals surface area contributed by atoms with Crippen LogP contribution in [-0.2, 0) is 4.79 Å². The molecule has 1 aromatic rings. The molecule has 0 heterocycles. The van der Waals surface area contributed by atoms with Gasteiger partial charge in [-0.3, -0.25) is 4.79 Å². The molecule has 0 aromatic heterocycles. The summed E-state index contributed by atoms with van der Waals surface area (Å²) in [4.78, 5) is 12.6. The van der Waals surface area contributed by atoms with Gasteiger partial charge in [-0.2, -0.15) is 5.26 Å². The molecule has 4 saturated carbocycles. The van der Waals surface area contributed by atoms with Crippen LogP contribution < -0.4 is 10.6 Å². The van der Waals surface area contributed by atoms with Crippen LogP contribution in [0.2, 0.25) is 0 Å². The van der Waals surface area contributed by atoms with Crippen LogP contribution in [0.4, 0.5) is 5.69 Å². The van der Waals surface area contributed by atoms with Crippen molar-refractivity contribution in [3.63, 3.8) is 0 Å². The van der Waals surface area contributed by atoms with Crippen molar-refractivity contribution in [2.24, 2.45) is 23.2 Å². The summed E-state index contributed by atoms with van der Waals surface area (Å²) in [5, 5.41) is 15.8. The lowest BCUT2D eigenvalue weighted by atomic mass is 9.48. The molecule has 0 spiro atoms. The fourth-order valence-corrected chi connectivity index (χ4v) is 6.85. The lowest BCUT2D eigenvalue weighted by Crippen LogP contribution is -2.54. The van der Waals surface area contributed by atoms with Crippen molar-refractivity contribution < 1.29 is 4.79 Å². The lowest BCUT2D eigenvalue weighted by Gasteiger charge is -2.59. The minimum atomic E-state index is -0.350. The molecule has 5 rings (SSSR count). The molecule has 28 heavy (non-hydrogen) atoms. The van der Waals surface area contributed by atoms with Crippen LogP contribution >= 0.6 is 22.6 Å². The highest BCUT2D eigenvalue weighted by atomic mass is 127. The summed E-state index contributed by atoms with van der Waals surface area (Å²) in [5.41, 5.74) is 2.22. The van der Waals surface area contributed by atoms with E-state index in [0.717, 1.165) is 32.6 Å². The normalized spacial score (nSPS) is 31.9. The maximum atomic E-state index is 12.6. The fraction of sp³-hybridized carbons (Fsp3) is 0.565. The molecule has 0 aliphatic heterocycles. The number of nitrogens with one attached hydrogen (secondary N) is 2. The third-order valence-corrected chi connectivity index (χ3v) is 7.95. The number of anilines is 1. The molecule has 148 valence electrons. The number of nitrogens with zero attached hydrogens (tertiary/aromatic N) is 1. The van der Waals surface area contributed by atoms with E-state index in [9.17, 15) is 10.1 Å². The Hall–Kier alpha value is -1.55. The molecule has 4 aliphatic rings. The number of benzene rings is 1. The van der Waals surface area contributed by atoms with Crippen LogP contribution in [0.25, 0.3) is 0 Å². The second-order valence-corrected chi connectivity index (χ2v) is 10.5. The maximum absolute atomic E-state index is 12.6. The Morgan fingerprint density at radius 2 is 1.86 bits per heavy atom. The largest absolute Gasteiger partial charge is 0.387 e. The zero-order chi connectivity index (χ0) is 19.9. The van der Waals surface area contributed by atoms with E-state index >= 15 is 0 Å². The van der Waals surface area contributed by atoms with Crippen molar-refractivity contribution in [3.05, 3.63) is 39.1 Å². The van der Waals surface area contributed by atoms with Crippen molar-refractivity contribution in [2.75, 3.05) is 5.32 Å². The van der Waals surface area contributed by atoms with Gasteiger partial charge in [0, 0.05) is 21.5 Å². The molecule has 1 unspecified atom stereocenters. The Kier molecular flexibility index (Phi) is 5.43. The van der Waals surface area contributed by atoms with E-state index in [0.29, 0.717) is 5.41 Å². The van der Waals surface area contributed by atoms with Crippen LogP contribution in [-0.4, -0.2) is 11.9 Å². The van der Waals surface area contributed by atoms with Gasteiger partial charge >= 0.3 is 0 Å². The molecule has 2 N–H and O–H groups in total. The summed E-state index contributed by atoms with van der Waals surface area (Å²) in [5.74, 6) is 2.32. The molecule has 4 aliphatic carbocycles. The monoisotopic (exact) mass is 489 g/mol. The first-order valence-electron chi connectivity index (χ1n) is 10.3. The number of carbonyl (C=O) groups is 1. The molecular formula is C23H28IN3O. The van der Waals surface area contributed by atoms with Crippen LogP contribution in [0.1, 0.15) is 51.0 Å². The molecule has 4 bridgehead atoms. The number of amides is 1. The summed E-state index contributed by atoms with van der Waals surface area (Å²) in [6, 6.07) is 8.20. The van der Waals surface area contributed by atoms with Crippen LogP contribution in [0.3, 0.4) is 0 Å². The Bertz CT molecular complexity index is 819. The maximum Gasteiger partial charge on any atom is 0.267 e. The highest BCUT2D eigenvalue weighted by Gasteiger charge is 2.53. The average Bonchev–Trinajstić information content (AvgIpc) is 2.63. The SMILES string of the molecule is Cc1cc(I)ccc1NC(=O)/C(C#N)=C\NC(C)C12CC3CC(CC(C3)C1)C2. The Morgan fingerprint density at radius 1 is 1.25 bits per heavy atom. The number of carbonyl (C=O) groups excluding carboxylic acids is 1. The predicted molar refractivity (Wildman–Crippen MR) is 119 cm³/mol. The summed E-state index contributed by atoms with van der Waals surface area (Å²) < 4.78 is 1.12. The molecule has 5 heteroatoms. The third kappa shape index (κ3) is 3.80. The van der Waals surface area contributed by atoms with E-state index < -0.39 is 0 Å². The first-order chi connectivity index (χ1) is 13.4. The first kappa shape index (κ1) is 19.8. The smallest absolute Gasteiger partial charge is 0.267 e. The van der Waals surface area contributed by atoms with E-state index in [2.05, 4.69) is 46.2 Å². The second-order valence-electron chi connectivity index (χ2n) is 9.25. The topological polar surface area (TPSA) is 64.9 Å². The molecule has 0 radical (unpaired) electrons. The van der Waals surface area contributed by atoms with Gasteiger partial charge in [0.1, 0.15) is 11.6 Å². The first-order valence-corrected chi connectivity index (χ1v) is 11.4. The summed E-state index contributed by atoms with van der Waals surface area (Å²) >= 11 is 2.25. The molecule has 1 atom stereocenters. The Balaban J connectivity index is 1.43. The minimum absolute atomic E-state index is 0.134. The minimum Gasteiger partial charge on any atom is -0.387 e. The number of hydrogen-bond donors (Lipinski definition) is 2. The zero-order valence-corrected chi connectivity index (χ0v) is 18.8. The summed E-state index contributed by atoms with van der Waals surface area (Å²) in [6.45, 7) is 4.20. The second kappa shape index (κ2) is 7.70. The Morgan fingerprint density at radius 3 is 2.39 bits per heavy atom. The van der Waals surface area contributed by atoms with Gasteiger partial charge in [0.05, 0.1) is 0 Å². The van der Waals surface area contributed by atoms with Gasteiger partial charge in [-0.1, -0.05) is 0 Å². The van der Waals surface area contributed by atoms with Gasteiger partial charge in [-0.15, -0.1) is 0 Å². The van der Waals surface area contributed by atoms with Crippen molar-refractivity contribution in [1.29, 1.82) is 5.26 Å². The van der Waals surface area contributed by atoms with Gasteiger partial charge in [0.15, 0.2) is 0 Å². The number of nitriles is 1. The highest BCUT2D eigenvalue weighted by molar-refractivity contribution is 14.1. The van der Waals surface area contributed by atoms with E-state index in [1.807, 2.05) is 25.1 Å². The summed E-state index contributed by atoms with van der Waals surface area (Å²) in [7, 11) is 0. The van der Waals surface area contributed by atoms with Gasteiger partial charge in [-0.05, 0) is 122 Å². The van der Waals surface area contributed by atoms with Gasteiger partial charge in [0.2, 0.25) is 0 Å². The Labute approximate surface area is 181 Å². The van der Waals surface area contributed by atoms with Gasteiger partial charge in [0.25, 0.3) is 5.91 Å². The molecular weight excluding hydrogens is 461 g/mol. The lowest BCUT2D eigenvalue weighted by molar-refractivity contribution is -0.112. The van der Waals surface area contributed by atoms with Crippen LogP contribution in [0.15, 0.2) is 30.0 Å². The molecule has 0 saturated heterocycles. The number of halogens is 1.